The number of hydrogen-bond donors (Lipinski definition) is 2. The highest BCUT2D eigenvalue weighted by molar-refractivity contribution is 7.99. The fourth-order valence-corrected chi connectivity index (χ4v) is 4.09. The minimum absolute atomic E-state index is 0.161. The van der Waals surface area contributed by atoms with E-state index in [1.165, 1.54) is 20.9 Å². The Hall–Kier alpha value is -2.27. The Labute approximate surface area is 146 Å². The molecule has 4 N–H and O–H groups in total. The van der Waals surface area contributed by atoms with Crippen LogP contribution < -0.4 is 11.5 Å². The lowest BCUT2D eigenvalue weighted by Crippen LogP contribution is -2.25. The van der Waals surface area contributed by atoms with E-state index in [2.05, 4.69) is 35.3 Å². The summed E-state index contributed by atoms with van der Waals surface area (Å²) in [4.78, 5) is 18.0. The van der Waals surface area contributed by atoms with Gasteiger partial charge in [-0.1, -0.05) is 36.0 Å². The highest BCUT2D eigenvalue weighted by atomic mass is 32.2. The molecule has 2 aromatic carbocycles. The smallest absolute Gasteiger partial charge is 0.249 e. The van der Waals surface area contributed by atoms with Gasteiger partial charge < -0.3 is 11.5 Å². The summed E-state index contributed by atoms with van der Waals surface area (Å²) in [5.74, 6) is -0.193. The standard InChI is InChI=1S/C19H21N3OS/c20-19(21)22-18(23)12-14-6-4-5-13-11-16(9-10-17(13)14)24-15-7-2-1-3-8-15/h1-3,7-11,14H,4-6,12H2,(H4,20,21,22,23)/t14-/m0/s1. The molecular formula is C19H21N3OS. The van der Waals surface area contributed by atoms with E-state index in [1.807, 2.05) is 18.2 Å². The SMILES string of the molecule is NC(N)=NC(=O)C[C@@H]1CCCc2cc(Sc3ccccc3)ccc21. The van der Waals surface area contributed by atoms with Gasteiger partial charge in [-0.2, -0.15) is 4.99 Å². The van der Waals surface area contributed by atoms with Gasteiger partial charge in [0.1, 0.15) is 0 Å². The highest BCUT2D eigenvalue weighted by Gasteiger charge is 2.23. The maximum atomic E-state index is 11.9. The molecule has 0 fully saturated rings. The molecule has 0 saturated heterocycles. The average Bonchev–Trinajstić information content (AvgIpc) is 2.55. The Kier molecular flexibility index (Phi) is 5.20. The van der Waals surface area contributed by atoms with E-state index in [0.717, 1.165) is 19.3 Å². The molecule has 0 bridgehead atoms. The molecule has 24 heavy (non-hydrogen) atoms. The van der Waals surface area contributed by atoms with Gasteiger partial charge in [-0.05, 0) is 60.6 Å². The summed E-state index contributed by atoms with van der Waals surface area (Å²) in [6.45, 7) is 0. The van der Waals surface area contributed by atoms with Crippen molar-refractivity contribution in [2.75, 3.05) is 0 Å². The number of aryl methyl sites for hydroxylation is 1. The second kappa shape index (κ2) is 7.53. The molecule has 3 rings (SSSR count). The summed E-state index contributed by atoms with van der Waals surface area (Å²) in [6.07, 6.45) is 3.53. The Morgan fingerprint density at radius 2 is 1.92 bits per heavy atom. The molecule has 1 atom stereocenters. The molecule has 5 heteroatoms. The molecule has 2 aromatic rings. The van der Waals surface area contributed by atoms with E-state index >= 15 is 0 Å². The van der Waals surface area contributed by atoms with Crippen LogP contribution in [0.1, 0.15) is 36.3 Å². The highest BCUT2D eigenvalue weighted by Crippen LogP contribution is 2.37. The van der Waals surface area contributed by atoms with E-state index in [9.17, 15) is 4.79 Å². The van der Waals surface area contributed by atoms with Crippen molar-refractivity contribution in [1.29, 1.82) is 0 Å². The summed E-state index contributed by atoms with van der Waals surface area (Å²) in [5, 5.41) is 0. The first-order valence-electron chi connectivity index (χ1n) is 8.10. The number of rotatable bonds is 4. The fraction of sp³-hybridized carbons (Fsp3) is 0.263. The third-order valence-corrected chi connectivity index (χ3v) is 5.20. The lowest BCUT2D eigenvalue weighted by molar-refractivity contribution is -0.118. The number of carbonyl (C=O) groups excluding carboxylic acids is 1. The Morgan fingerprint density at radius 1 is 1.12 bits per heavy atom. The van der Waals surface area contributed by atoms with Crippen LogP contribution in [-0.4, -0.2) is 11.9 Å². The van der Waals surface area contributed by atoms with Crippen molar-refractivity contribution in [2.24, 2.45) is 16.5 Å². The molecule has 0 saturated carbocycles. The normalized spacial score (nSPS) is 16.2. The zero-order valence-corrected chi connectivity index (χ0v) is 14.3. The van der Waals surface area contributed by atoms with E-state index in [0.29, 0.717) is 6.42 Å². The monoisotopic (exact) mass is 339 g/mol. The zero-order valence-electron chi connectivity index (χ0n) is 13.4. The minimum Gasteiger partial charge on any atom is -0.370 e. The van der Waals surface area contributed by atoms with Crippen molar-refractivity contribution in [3.63, 3.8) is 0 Å². The summed E-state index contributed by atoms with van der Waals surface area (Å²) in [6, 6.07) is 16.9. The lowest BCUT2D eigenvalue weighted by atomic mass is 9.81. The number of aliphatic imine (C=N–C) groups is 1. The number of fused-ring (bicyclic) bond motifs is 1. The van der Waals surface area contributed by atoms with Crippen LogP contribution in [0.5, 0.6) is 0 Å². The quantitative estimate of drug-likeness (QED) is 0.660. The van der Waals surface area contributed by atoms with Crippen molar-refractivity contribution >= 4 is 23.6 Å². The molecule has 0 aromatic heterocycles. The third kappa shape index (κ3) is 4.17. The van der Waals surface area contributed by atoms with Gasteiger partial charge in [0, 0.05) is 16.2 Å². The Balaban J connectivity index is 1.77. The van der Waals surface area contributed by atoms with Crippen molar-refractivity contribution in [3.05, 3.63) is 59.7 Å². The van der Waals surface area contributed by atoms with Gasteiger partial charge in [0.15, 0.2) is 5.96 Å². The first-order valence-corrected chi connectivity index (χ1v) is 8.91. The Morgan fingerprint density at radius 3 is 2.67 bits per heavy atom. The topological polar surface area (TPSA) is 81.5 Å². The second-order valence-electron chi connectivity index (χ2n) is 6.00. The van der Waals surface area contributed by atoms with E-state index in [1.54, 1.807) is 11.8 Å². The fourth-order valence-electron chi connectivity index (χ4n) is 3.19. The molecule has 0 spiro atoms. The maximum Gasteiger partial charge on any atom is 0.249 e. The van der Waals surface area contributed by atoms with Gasteiger partial charge in [-0.15, -0.1) is 0 Å². The van der Waals surface area contributed by atoms with Crippen LogP contribution in [0.25, 0.3) is 0 Å². The van der Waals surface area contributed by atoms with Gasteiger partial charge >= 0.3 is 0 Å². The summed E-state index contributed by atoms with van der Waals surface area (Å²) >= 11 is 1.76. The molecule has 0 unspecified atom stereocenters. The second-order valence-corrected chi connectivity index (χ2v) is 7.15. The molecular weight excluding hydrogens is 318 g/mol. The molecule has 1 amide bonds. The maximum absolute atomic E-state index is 11.9. The summed E-state index contributed by atoms with van der Waals surface area (Å²) in [7, 11) is 0. The van der Waals surface area contributed by atoms with Gasteiger partial charge in [-0.25, -0.2) is 0 Å². The number of carbonyl (C=O) groups is 1. The number of hydrogen-bond acceptors (Lipinski definition) is 2. The number of nitrogens with zero attached hydrogens (tertiary/aromatic N) is 1. The number of amides is 1. The molecule has 1 aliphatic carbocycles. The van der Waals surface area contributed by atoms with Crippen LogP contribution in [0.4, 0.5) is 0 Å². The average molecular weight is 339 g/mol. The van der Waals surface area contributed by atoms with Crippen LogP contribution in [0.3, 0.4) is 0 Å². The molecule has 0 radical (unpaired) electrons. The summed E-state index contributed by atoms with van der Waals surface area (Å²) < 4.78 is 0. The predicted molar refractivity (Wildman–Crippen MR) is 98.1 cm³/mol. The first-order chi connectivity index (χ1) is 11.6. The van der Waals surface area contributed by atoms with Gasteiger partial charge in [0.2, 0.25) is 5.91 Å². The number of benzene rings is 2. The lowest BCUT2D eigenvalue weighted by Gasteiger charge is -2.25. The number of guanidine groups is 1. The van der Waals surface area contributed by atoms with Gasteiger partial charge in [0.05, 0.1) is 0 Å². The van der Waals surface area contributed by atoms with E-state index in [4.69, 9.17) is 11.5 Å². The van der Waals surface area contributed by atoms with E-state index < -0.39 is 0 Å². The van der Waals surface area contributed by atoms with Crippen LogP contribution in [-0.2, 0) is 11.2 Å². The van der Waals surface area contributed by atoms with Crippen LogP contribution in [0.15, 0.2) is 63.3 Å². The summed E-state index contributed by atoms with van der Waals surface area (Å²) in [5.41, 5.74) is 13.2. The molecule has 124 valence electrons. The van der Waals surface area contributed by atoms with Crippen molar-refractivity contribution in [3.8, 4) is 0 Å². The van der Waals surface area contributed by atoms with Crippen LogP contribution >= 0.6 is 11.8 Å². The number of nitrogens with two attached hydrogens (primary N) is 2. The van der Waals surface area contributed by atoms with Crippen LogP contribution in [0.2, 0.25) is 0 Å². The van der Waals surface area contributed by atoms with Gasteiger partial charge in [-0.3, -0.25) is 4.79 Å². The van der Waals surface area contributed by atoms with Crippen molar-refractivity contribution in [1.82, 2.24) is 0 Å². The van der Waals surface area contributed by atoms with Crippen LogP contribution in [0, 0.1) is 0 Å². The minimum atomic E-state index is -0.240. The van der Waals surface area contributed by atoms with Crippen molar-refractivity contribution in [2.45, 2.75) is 41.4 Å². The molecule has 1 aliphatic rings. The predicted octanol–water partition coefficient (Wildman–Crippen LogP) is 3.45. The molecule has 0 aliphatic heterocycles. The Bertz CT molecular complexity index is 754. The van der Waals surface area contributed by atoms with E-state index in [-0.39, 0.29) is 17.8 Å². The largest absolute Gasteiger partial charge is 0.370 e. The zero-order chi connectivity index (χ0) is 16.9. The molecule has 4 nitrogen and oxygen atoms in total. The molecule has 0 heterocycles. The first kappa shape index (κ1) is 16.6. The van der Waals surface area contributed by atoms with Gasteiger partial charge in [0.25, 0.3) is 0 Å². The van der Waals surface area contributed by atoms with Crippen molar-refractivity contribution < 1.29 is 4.79 Å². The third-order valence-electron chi connectivity index (χ3n) is 4.21.